The Hall–Kier alpha value is -1.09. The Kier molecular flexibility index (Phi) is 5.41. The lowest BCUT2D eigenvalue weighted by molar-refractivity contribution is 0.225. The third-order valence-electron chi connectivity index (χ3n) is 3.18. The summed E-state index contributed by atoms with van der Waals surface area (Å²) in [5.74, 6) is -0.234. The van der Waals surface area contributed by atoms with Crippen LogP contribution in [0.25, 0.3) is 0 Å². The van der Waals surface area contributed by atoms with Crippen molar-refractivity contribution in [3.05, 3.63) is 69.5 Å². The van der Waals surface area contributed by atoms with Crippen LogP contribution in [0.15, 0.2) is 42.5 Å². The predicted molar refractivity (Wildman–Crippen MR) is 80.8 cm³/mol. The Morgan fingerprint density at radius 3 is 2.25 bits per heavy atom. The van der Waals surface area contributed by atoms with E-state index in [1.54, 1.807) is 18.2 Å². The van der Waals surface area contributed by atoms with E-state index in [9.17, 15) is 9.50 Å². The smallest absolute Gasteiger partial charge is 0.123 e. The zero-order valence-corrected chi connectivity index (χ0v) is 12.3. The summed E-state index contributed by atoms with van der Waals surface area (Å²) in [5, 5.41) is 10.5. The summed E-state index contributed by atoms with van der Waals surface area (Å²) in [7, 11) is 0. The number of hydrogen-bond acceptors (Lipinski definition) is 1. The summed E-state index contributed by atoms with van der Waals surface area (Å²) in [5.41, 5.74) is 1.89. The molecule has 4 heteroatoms. The van der Waals surface area contributed by atoms with Gasteiger partial charge in [0, 0.05) is 6.61 Å². The Morgan fingerprint density at radius 2 is 1.65 bits per heavy atom. The van der Waals surface area contributed by atoms with Crippen LogP contribution < -0.4 is 0 Å². The highest BCUT2D eigenvalue weighted by atomic mass is 35.5. The van der Waals surface area contributed by atoms with Crippen molar-refractivity contribution in [3.8, 4) is 0 Å². The van der Waals surface area contributed by atoms with Crippen LogP contribution in [-0.2, 0) is 12.8 Å². The minimum atomic E-state index is -0.256. The second-order valence-electron chi connectivity index (χ2n) is 4.84. The highest BCUT2D eigenvalue weighted by molar-refractivity contribution is 6.42. The molecule has 1 N–H and O–H groups in total. The molecular weight excluding hydrogens is 298 g/mol. The lowest BCUT2D eigenvalue weighted by atomic mass is 9.93. The third kappa shape index (κ3) is 4.20. The van der Waals surface area contributed by atoms with Crippen molar-refractivity contribution in [2.45, 2.75) is 12.8 Å². The van der Waals surface area contributed by atoms with Gasteiger partial charge in [-0.1, -0.05) is 41.4 Å². The fourth-order valence-electron chi connectivity index (χ4n) is 2.20. The van der Waals surface area contributed by atoms with Crippen LogP contribution in [-0.4, -0.2) is 11.7 Å². The highest BCUT2D eigenvalue weighted by Crippen LogP contribution is 2.24. The van der Waals surface area contributed by atoms with Gasteiger partial charge < -0.3 is 5.11 Å². The molecule has 0 aliphatic rings. The van der Waals surface area contributed by atoms with Crippen LogP contribution in [0.2, 0.25) is 10.0 Å². The van der Waals surface area contributed by atoms with E-state index in [0.717, 1.165) is 11.1 Å². The molecule has 0 aromatic heterocycles. The molecule has 0 spiro atoms. The van der Waals surface area contributed by atoms with Crippen LogP contribution in [0.4, 0.5) is 4.39 Å². The lowest BCUT2D eigenvalue weighted by Crippen LogP contribution is -2.13. The van der Waals surface area contributed by atoms with Crippen LogP contribution in [0.5, 0.6) is 0 Å². The van der Waals surface area contributed by atoms with Crippen LogP contribution in [0, 0.1) is 11.7 Å². The van der Waals surface area contributed by atoms with Crippen molar-refractivity contribution in [2.75, 3.05) is 6.61 Å². The lowest BCUT2D eigenvalue weighted by Gasteiger charge is -2.15. The first-order valence-corrected chi connectivity index (χ1v) is 7.13. The van der Waals surface area contributed by atoms with Gasteiger partial charge in [-0.05, 0) is 54.2 Å². The fraction of sp³-hybridized carbons (Fsp3) is 0.250. The molecule has 0 amide bonds. The summed E-state index contributed by atoms with van der Waals surface area (Å²) in [6.07, 6.45) is 1.29. The highest BCUT2D eigenvalue weighted by Gasteiger charge is 2.11. The van der Waals surface area contributed by atoms with Crippen molar-refractivity contribution >= 4 is 23.2 Å². The maximum absolute atomic E-state index is 13.2. The molecule has 0 saturated carbocycles. The molecule has 1 nitrogen and oxygen atoms in total. The van der Waals surface area contributed by atoms with Gasteiger partial charge >= 0.3 is 0 Å². The Morgan fingerprint density at radius 1 is 0.950 bits per heavy atom. The molecule has 0 heterocycles. The molecule has 2 aromatic carbocycles. The van der Waals surface area contributed by atoms with E-state index in [4.69, 9.17) is 23.2 Å². The van der Waals surface area contributed by atoms with Gasteiger partial charge in [-0.3, -0.25) is 0 Å². The van der Waals surface area contributed by atoms with Gasteiger partial charge in [0.25, 0.3) is 0 Å². The van der Waals surface area contributed by atoms with Crippen molar-refractivity contribution in [1.29, 1.82) is 0 Å². The SMILES string of the molecule is OCC(Cc1cccc(F)c1)Cc1ccc(Cl)c(Cl)c1. The number of rotatable bonds is 5. The maximum Gasteiger partial charge on any atom is 0.123 e. The minimum Gasteiger partial charge on any atom is -0.396 e. The summed E-state index contributed by atoms with van der Waals surface area (Å²) in [4.78, 5) is 0. The van der Waals surface area contributed by atoms with Gasteiger partial charge in [0.15, 0.2) is 0 Å². The topological polar surface area (TPSA) is 20.2 Å². The van der Waals surface area contributed by atoms with Crippen molar-refractivity contribution in [2.24, 2.45) is 5.92 Å². The van der Waals surface area contributed by atoms with E-state index >= 15 is 0 Å². The number of aliphatic hydroxyl groups excluding tert-OH is 1. The summed E-state index contributed by atoms with van der Waals surface area (Å²) >= 11 is 11.9. The van der Waals surface area contributed by atoms with E-state index in [-0.39, 0.29) is 18.3 Å². The molecule has 0 saturated heterocycles. The van der Waals surface area contributed by atoms with Gasteiger partial charge in [-0.15, -0.1) is 0 Å². The summed E-state index contributed by atoms with van der Waals surface area (Å²) in [6, 6.07) is 11.9. The number of halogens is 3. The molecule has 1 unspecified atom stereocenters. The average Bonchev–Trinajstić information content (AvgIpc) is 2.42. The molecule has 0 aliphatic heterocycles. The molecule has 0 radical (unpaired) electrons. The Balaban J connectivity index is 2.07. The predicted octanol–water partition coefficient (Wildman–Crippen LogP) is 4.53. The first kappa shape index (κ1) is 15.3. The summed E-state index contributed by atoms with van der Waals surface area (Å²) < 4.78 is 13.2. The van der Waals surface area contributed by atoms with Gasteiger partial charge in [0.2, 0.25) is 0 Å². The van der Waals surface area contributed by atoms with E-state index in [2.05, 4.69) is 0 Å². The van der Waals surface area contributed by atoms with E-state index in [1.165, 1.54) is 12.1 Å². The molecule has 2 aromatic rings. The van der Waals surface area contributed by atoms with Crippen LogP contribution >= 0.6 is 23.2 Å². The largest absolute Gasteiger partial charge is 0.396 e. The first-order valence-electron chi connectivity index (χ1n) is 6.37. The van der Waals surface area contributed by atoms with Gasteiger partial charge in [0.1, 0.15) is 5.82 Å². The van der Waals surface area contributed by atoms with E-state index in [0.29, 0.717) is 22.9 Å². The number of benzene rings is 2. The van der Waals surface area contributed by atoms with E-state index in [1.807, 2.05) is 12.1 Å². The maximum atomic E-state index is 13.2. The average molecular weight is 313 g/mol. The number of aliphatic hydroxyl groups is 1. The standard InChI is InChI=1S/C16H15Cl2FO/c17-15-5-4-12(9-16(15)18)7-13(10-20)6-11-2-1-3-14(19)8-11/h1-5,8-9,13,20H,6-7,10H2. The van der Waals surface area contributed by atoms with Crippen LogP contribution in [0.3, 0.4) is 0 Å². The number of hydrogen-bond donors (Lipinski definition) is 1. The molecule has 1 atom stereocenters. The first-order chi connectivity index (χ1) is 9.58. The second kappa shape index (κ2) is 7.07. The third-order valence-corrected chi connectivity index (χ3v) is 3.92. The monoisotopic (exact) mass is 312 g/mol. The molecule has 0 bridgehead atoms. The molecule has 0 aliphatic carbocycles. The zero-order chi connectivity index (χ0) is 14.5. The van der Waals surface area contributed by atoms with Crippen molar-refractivity contribution in [1.82, 2.24) is 0 Å². The molecule has 106 valence electrons. The van der Waals surface area contributed by atoms with Crippen LogP contribution in [0.1, 0.15) is 11.1 Å². The zero-order valence-electron chi connectivity index (χ0n) is 10.8. The second-order valence-corrected chi connectivity index (χ2v) is 5.65. The Labute approximate surface area is 128 Å². The van der Waals surface area contributed by atoms with Crippen molar-refractivity contribution < 1.29 is 9.50 Å². The molecule has 2 rings (SSSR count). The summed E-state index contributed by atoms with van der Waals surface area (Å²) in [6.45, 7) is 0.0385. The van der Waals surface area contributed by atoms with E-state index < -0.39 is 0 Å². The minimum absolute atomic E-state index is 0.0223. The normalized spacial score (nSPS) is 12.4. The quantitative estimate of drug-likeness (QED) is 0.860. The molecular formula is C16H15Cl2FO. The molecule has 20 heavy (non-hydrogen) atoms. The van der Waals surface area contributed by atoms with Gasteiger partial charge in [-0.25, -0.2) is 4.39 Å². The van der Waals surface area contributed by atoms with Gasteiger partial charge in [0.05, 0.1) is 10.0 Å². The van der Waals surface area contributed by atoms with Crippen molar-refractivity contribution in [3.63, 3.8) is 0 Å². The molecule has 0 fully saturated rings. The van der Waals surface area contributed by atoms with Gasteiger partial charge in [-0.2, -0.15) is 0 Å². The Bertz CT molecular complexity index is 586. The fourth-order valence-corrected chi connectivity index (χ4v) is 2.52.